The van der Waals surface area contributed by atoms with Crippen LogP contribution in [0.2, 0.25) is 0 Å². The molecular formula is C47H32N2O. The lowest BCUT2D eigenvalue weighted by molar-refractivity contribution is 0.672. The van der Waals surface area contributed by atoms with E-state index >= 15 is 0 Å². The third kappa shape index (κ3) is 4.78. The Balaban J connectivity index is 1.12. The third-order valence-electron chi connectivity index (χ3n) is 10.2. The van der Waals surface area contributed by atoms with Gasteiger partial charge in [0.05, 0.1) is 6.04 Å². The molecule has 236 valence electrons. The van der Waals surface area contributed by atoms with Crippen molar-refractivity contribution in [2.75, 3.05) is 4.90 Å². The van der Waals surface area contributed by atoms with Crippen molar-refractivity contribution in [2.24, 2.45) is 0 Å². The molecule has 1 atom stereocenters. The molecular weight excluding hydrogens is 609 g/mol. The lowest BCUT2D eigenvalue weighted by Crippen LogP contribution is -2.30. The smallest absolute Gasteiger partial charge is 0.161 e. The van der Waals surface area contributed by atoms with Crippen LogP contribution >= 0.6 is 0 Å². The molecule has 0 fully saturated rings. The number of furan rings is 1. The Morgan fingerprint density at radius 1 is 0.560 bits per heavy atom. The van der Waals surface area contributed by atoms with Crippen LogP contribution in [0.5, 0.6) is 0 Å². The van der Waals surface area contributed by atoms with Crippen LogP contribution in [0, 0.1) is 0 Å². The molecule has 0 N–H and O–H groups in total. The molecule has 7 aromatic carbocycles. The van der Waals surface area contributed by atoms with Crippen LogP contribution in [0.1, 0.15) is 12.0 Å². The van der Waals surface area contributed by atoms with Crippen LogP contribution in [0.15, 0.2) is 181 Å². The maximum Gasteiger partial charge on any atom is 0.161 e. The molecule has 50 heavy (non-hydrogen) atoms. The predicted octanol–water partition coefficient (Wildman–Crippen LogP) is 12.7. The van der Waals surface area contributed by atoms with Gasteiger partial charge in [-0.05, 0) is 92.7 Å². The highest BCUT2D eigenvalue weighted by atomic mass is 16.3. The van der Waals surface area contributed by atoms with Crippen molar-refractivity contribution in [3.05, 3.63) is 182 Å². The van der Waals surface area contributed by atoms with E-state index in [0.717, 1.165) is 50.6 Å². The first kappa shape index (κ1) is 28.6. The van der Waals surface area contributed by atoms with Gasteiger partial charge in [-0.15, -0.1) is 0 Å². The minimum Gasteiger partial charge on any atom is -0.454 e. The maximum absolute atomic E-state index is 6.46. The van der Waals surface area contributed by atoms with E-state index in [4.69, 9.17) is 9.40 Å². The van der Waals surface area contributed by atoms with Crippen LogP contribution < -0.4 is 4.90 Å². The number of allylic oxidation sites excluding steroid dienone is 2. The molecule has 0 saturated carbocycles. The number of hydrogen-bond donors (Lipinski definition) is 0. The summed E-state index contributed by atoms with van der Waals surface area (Å²) in [4.78, 5) is 7.30. The summed E-state index contributed by atoms with van der Waals surface area (Å²) in [5.74, 6) is 0. The molecule has 1 aliphatic rings. The van der Waals surface area contributed by atoms with E-state index in [1.807, 2.05) is 24.4 Å². The average Bonchev–Trinajstić information content (AvgIpc) is 3.57. The van der Waals surface area contributed by atoms with E-state index in [2.05, 4.69) is 157 Å². The molecule has 9 aromatic rings. The maximum atomic E-state index is 6.46. The fourth-order valence-corrected chi connectivity index (χ4v) is 7.70. The third-order valence-corrected chi connectivity index (χ3v) is 10.2. The Labute approximate surface area is 290 Å². The number of aromatic nitrogens is 1. The van der Waals surface area contributed by atoms with Crippen LogP contribution in [0.4, 0.5) is 11.4 Å². The molecule has 0 saturated heterocycles. The first-order valence-corrected chi connectivity index (χ1v) is 17.2. The number of anilines is 2. The summed E-state index contributed by atoms with van der Waals surface area (Å²) in [6.07, 6.45) is 9.89. The van der Waals surface area contributed by atoms with Gasteiger partial charge < -0.3 is 9.32 Å². The van der Waals surface area contributed by atoms with Crippen molar-refractivity contribution in [3.8, 4) is 11.1 Å². The van der Waals surface area contributed by atoms with E-state index in [1.54, 1.807) is 0 Å². The quantitative estimate of drug-likeness (QED) is 0.187. The second kappa shape index (κ2) is 11.6. The number of benzene rings is 7. The first-order valence-electron chi connectivity index (χ1n) is 17.2. The van der Waals surface area contributed by atoms with Gasteiger partial charge in [-0.2, -0.15) is 0 Å². The SMILES string of the molecule is C1=CC(c2cccc3ccccc23)=CC(N(c2ccc(-c3ccc4ccccc4c3)cc2)c2ccc3cnc4c5ccccc5oc4c3c2)C1. The normalized spacial score (nSPS) is 14.6. The van der Waals surface area contributed by atoms with Crippen molar-refractivity contribution < 1.29 is 4.42 Å². The summed E-state index contributed by atoms with van der Waals surface area (Å²) in [6, 6.07) is 54.4. The zero-order valence-corrected chi connectivity index (χ0v) is 27.3. The van der Waals surface area contributed by atoms with E-state index < -0.39 is 0 Å². The fourth-order valence-electron chi connectivity index (χ4n) is 7.70. The van der Waals surface area contributed by atoms with Gasteiger partial charge in [0.2, 0.25) is 0 Å². The summed E-state index contributed by atoms with van der Waals surface area (Å²) < 4.78 is 6.46. The Morgan fingerprint density at radius 2 is 1.28 bits per heavy atom. The van der Waals surface area contributed by atoms with Gasteiger partial charge in [0.15, 0.2) is 5.58 Å². The van der Waals surface area contributed by atoms with Crippen LogP contribution in [0.3, 0.4) is 0 Å². The van der Waals surface area contributed by atoms with Gasteiger partial charge in [-0.1, -0.05) is 127 Å². The minimum atomic E-state index is 0.0888. The van der Waals surface area contributed by atoms with Crippen molar-refractivity contribution in [3.63, 3.8) is 0 Å². The lowest BCUT2D eigenvalue weighted by atomic mass is 9.91. The van der Waals surface area contributed by atoms with E-state index in [9.17, 15) is 0 Å². The van der Waals surface area contributed by atoms with Crippen LogP contribution in [0.25, 0.3) is 71.1 Å². The first-order chi connectivity index (χ1) is 24.8. The molecule has 0 aliphatic heterocycles. The van der Waals surface area contributed by atoms with Gasteiger partial charge in [0, 0.05) is 33.7 Å². The topological polar surface area (TPSA) is 29.3 Å². The molecule has 0 radical (unpaired) electrons. The van der Waals surface area contributed by atoms with E-state index in [0.29, 0.717) is 0 Å². The Kier molecular flexibility index (Phi) is 6.63. The molecule has 10 rings (SSSR count). The molecule has 2 heterocycles. The Hall–Kier alpha value is -6.45. The highest BCUT2D eigenvalue weighted by Crippen LogP contribution is 2.39. The van der Waals surface area contributed by atoms with Crippen molar-refractivity contribution in [1.29, 1.82) is 0 Å². The number of hydrogen-bond acceptors (Lipinski definition) is 3. The summed E-state index contributed by atoms with van der Waals surface area (Å²) in [5, 5.41) is 8.18. The van der Waals surface area contributed by atoms with Gasteiger partial charge in [-0.3, -0.25) is 4.98 Å². The lowest BCUT2D eigenvalue weighted by Gasteiger charge is -2.34. The average molecular weight is 641 g/mol. The monoisotopic (exact) mass is 640 g/mol. The molecule has 1 unspecified atom stereocenters. The largest absolute Gasteiger partial charge is 0.454 e. The van der Waals surface area contributed by atoms with Gasteiger partial charge in [0.1, 0.15) is 11.1 Å². The highest BCUT2D eigenvalue weighted by Gasteiger charge is 2.23. The molecule has 0 bridgehead atoms. The van der Waals surface area contributed by atoms with Crippen molar-refractivity contribution >= 4 is 71.3 Å². The Morgan fingerprint density at radius 3 is 2.18 bits per heavy atom. The minimum absolute atomic E-state index is 0.0888. The van der Waals surface area contributed by atoms with Gasteiger partial charge >= 0.3 is 0 Å². The second-order valence-corrected chi connectivity index (χ2v) is 13.1. The van der Waals surface area contributed by atoms with Gasteiger partial charge in [-0.25, -0.2) is 0 Å². The van der Waals surface area contributed by atoms with Crippen molar-refractivity contribution in [2.45, 2.75) is 12.5 Å². The molecule has 2 aromatic heterocycles. The second-order valence-electron chi connectivity index (χ2n) is 13.1. The number of para-hydroxylation sites is 1. The summed E-state index contributed by atoms with van der Waals surface area (Å²) in [6.45, 7) is 0. The summed E-state index contributed by atoms with van der Waals surface area (Å²) in [5.41, 5.74) is 9.73. The molecule has 0 spiro atoms. The summed E-state index contributed by atoms with van der Waals surface area (Å²) in [7, 11) is 0. The number of rotatable bonds is 5. The van der Waals surface area contributed by atoms with E-state index in [1.165, 1.54) is 43.8 Å². The zero-order chi connectivity index (χ0) is 33.0. The highest BCUT2D eigenvalue weighted by molar-refractivity contribution is 6.13. The molecule has 1 aliphatic carbocycles. The summed E-state index contributed by atoms with van der Waals surface area (Å²) >= 11 is 0. The molecule has 0 amide bonds. The van der Waals surface area contributed by atoms with Crippen molar-refractivity contribution in [1.82, 2.24) is 4.98 Å². The Bertz CT molecular complexity index is 2800. The molecule has 3 heteroatoms. The van der Waals surface area contributed by atoms with Gasteiger partial charge in [0.25, 0.3) is 0 Å². The van der Waals surface area contributed by atoms with E-state index in [-0.39, 0.29) is 6.04 Å². The number of nitrogens with zero attached hydrogens (tertiary/aromatic N) is 2. The number of fused-ring (bicyclic) bond motifs is 7. The van der Waals surface area contributed by atoms with Crippen LogP contribution in [-0.4, -0.2) is 11.0 Å². The van der Waals surface area contributed by atoms with Crippen LogP contribution in [-0.2, 0) is 0 Å². The zero-order valence-electron chi connectivity index (χ0n) is 27.3. The standard InChI is InChI=1S/C47H32N2O/c1-2-11-34-27-35(20-19-31(34)9-1)32-21-24-38(25-22-32)49(39-14-7-13-36(28-39)42-17-8-12-33-10-3-4-15-41(33)42)40-26-23-37-30-48-46-43-16-5-6-18-45(43)50-47(46)44(37)29-40/h1-13,15-30,39H,14H2. The predicted molar refractivity (Wildman–Crippen MR) is 210 cm³/mol. The fraction of sp³-hybridized carbons (Fsp3) is 0.0426. The number of pyridine rings is 1. The molecule has 3 nitrogen and oxygen atoms in total.